The zero-order valence-corrected chi connectivity index (χ0v) is 12.1. The molecule has 0 saturated heterocycles. The molecule has 0 radical (unpaired) electrons. The van der Waals surface area contributed by atoms with E-state index in [0.29, 0.717) is 12.5 Å². The third-order valence-corrected chi connectivity index (χ3v) is 4.10. The van der Waals surface area contributed by atoms with Gasteiger partial charge in [0.2, 0.25) is 0 Å². The minimum absolute atomic E-state index is 0.349. The Morgan fingerprint density at radius 2 is 2.06 bits per heavy atom. The van der Waals surface area contributed by atoms with Crippen LogP contribution < -0.4 is 0 Å². The number of aliphatic imine (C=N–C) groups is 1. The smallest absolute Gasteiger partial charge is 0.0931 e. The predicted octanol–water partition coefficient (Wildman–Crippen LogP) is 5.08. The second-order valence-electron chi connectivity index (χ2n) is 4.34. The summed E-state index contributed by atoms with van der Waals surface area (Å²) < 4.78 is 0.826. The minimum atomic E-state index is 0.349. The molecule has 18 heavy (non-hydrogen) atoms. The van der Waals surface area contributed by atoms with Crippen LogP contribution in [0.4, 0.5) is 0 Å². The average Bonchev–Trinajstić information content (AvgIpc) is 2.75. The lowest BCUT2D eigenvalue weighted by Crippen LogP contribution is -1.97. The first kappa shape index (κ1) is 13.3. The molecule has 0 aliphatic carbocycles. The molecule has 1 unspecified atom stereocenters. The van der Waals surface area contributed by atoms with E-state index in [0.717, 1.165) is 4.34 Å². The van der Waals surface area contributed by atoms with Gasteiger partial charge in [0.25, 0.3) is 0 Å². The fraction of sp³-hybridized carbons (Fsp3) is 0.267. The molecular formula is C15H16ClNS. The molecule has 0 aliphatic rings. The Hall–Kier alpha value is -1.12. The van der Waals surface area contributed by atoms with E-state index in [2.05, 4.69) is 43.1 Å². The second-order valence-corrected chi connectivity index (χ2v) is 6.14. The van der Waals surface area contributed by atoms with E-state index >= 15 is 0 Å². The van der Waals surface area contributed by atoms with Crippen LogP contribution in [0.2, 0.25) is 4.34 Å². The van der Waals surface area contributed by atoms with E-state index in [9.17, 15) is 0 Å². The highest BCUT2D eigenvalue weighted by Gasteiger charge is 2.04. The molecule has 1 nitrogen and oxygen atoms in total. The number of halogens is 1. The Bertz CT molecular complexity index is 545. The highest BCUT2D eigenvalue weighted by molar-refractivity contribution is 7.16. The van der Waals surface area contributed by atoms with Crippen molar-refractivity contribution in [2.75, 3.05) is 0 Å². The van der Waals surface area contributed by atoms with Crippen molar-refractivity contribution in [2.45, 2.75) is 26.3 Å². The van der Waals surface area contributed by atoms with E-state index < -0.39 is 0 Å². The van der Waals surface area contributed by atoms with Gasteiger partial charge in [0, 0.05) is 17.0 Å². The van der Waals surface area contributed by atoms with Crippen molar-refractivity contribution in [3.05, 3.63) is 56.7 Å². The molecule has 2 rings (SSSR count). The number of thiophene rings is 1. The van der Waals surface area contributed by atoms with Gasteiger partial charge in [-0.1, -0.05) is 42.8 Å². The first-order valence-corrected chi connectivity index (χ1v) is 7.16. The maximum Gasteiger partial charge on any atom is 0.0931 e. The standard InChI is InChI=1S/C15H16ClNS/c1-11-5-3-4-6-14(11)12(2)9-17-10-13-7-8-15(16)18-13/h3-9,12H,10H2,1-2H3/b17-9+. The van der Waals surface area contributed by atoms with Crippen LogP contribution >= 0.6 is 22.9 Å². The van der Waals surface area contributed by atoms with Crippen LogP contribution in [-0.4, -0.2) is 6.21 Å². The highest BCUT2D eigenvalue weighted by Crippen LogP contribution is 2.22. The van der Waals surface area contributed by atoms with Crippen LogP contribution in [-0.2, 0) is 6.54 Å². The van der Waals surface area contributed by atoms with E-state index in [1.807, 2.05) is 18.3 Å². The topological polar surface area (TPSA) is 12.4 Å². The Kier molecular flexibility index (Phi) is 4.56. The normalized spacial score (nSPS) is 13.1. The van der Waals surface area contributed by atoms with Crippen molar-refractivity contribution in [3.8, 4) is 0 Å². The summed E-state index contributed by atoms with van der Waals surface area (Å²) in [5.74, 6) is 0.349. The van der Waals surface area contributed by atoms with Gasteiger partial charge in [0.1, 0.15) is 0 Å². The summed E-state index contributed by atoms with van der Waals surface area (Å²) in [5.41, 5.74) is 2.65. The van der Waals surface area contributed by atoms with Gasteiger partial charge >= 0.3 is 0 Å². The van der Waals surface area contributed by atoms with Crippen molar-refractivity contribution >= 4 is 29.2 Å². The van der Waals surface area contributed by atoms with Crippen molar-refractivity contribution in [1.82, 2.24) is 0 Å². The molecule has 1 heterocycles. The zero-order valence-electron chi connectivity index (χ0n) is 10.6. The van der Waals surface area contributed by atoms with Crippen LogP contribution in [0.15, 0.2) is 41.4 Å². The number of aryl methyl sites for hydroxylation is 1. The molecule has 1 aromatic heterocycles. The van der Waals surface area contributed by atoms with Gasteiger partial charge < -0.3 is 0 Å². The van der Waals surface area contributed by atoms with Crippen LogP contribution in [0.25, 0.3) is 0 Å². The van der Waals surface area contributed by atoms with Gasteiger partial charge in [0.15, 0.2) is 0 Å². The SMILES string of the molecule is Cc1ccccc1C(C)/C=N/Cc1ccc(Cl)s1. The summed E-state index contributed by atoms with van der Waals surface area (Å²) >= 11 is 7.48. The Labute approximate surface area is 117 Å². The summed E-state index contributed by atoms with van der Waals surface area (Å²) in [6.07, 6.45) is 2.02. The second kappa shape index (κ2) is 6.17. The lowest BCUT2D eigenvalue weighted by atomic mass is 9.98. The fourth-order valence-corrected chi connectivity index (χ4v) is 2.94. The molecule has 0 N–H and O–H groups in total. The summed E-state index contributed by atoms with van der Waals surface area (Å²) in [6, 6.07) is 12.4. The van der Waals surface area contributed by atoms with Gasteiger partial charge in [-0.15, -0.1) is 11.3 Å². The average molecular weight is 278 g/mol. The number of benzene rings is 1. The fourth-order valence-electron chi connectivity index (χ4n) is 1.92. The molecule has 0 bridgehead atoms. The van der Waals surface area contributed by atoms with Crippen molar-refractivity contribution in [1.29, 1.82) is 0 Å². The third-order valence-electron chi connectivity index (χ3n) is 2.88. The summed E-state index contributed by atoms with van der Waals surface area (Å²) in [5, 5.41) is 0. The van der Waals surface area contributed by atoms with Crippen LogP contribution in [0, 0.1) is 6.92 Å². The predicted molar refractivity (Wildman–Crippen MR) is 81.1 cm³/mol. The molecule has 0 spiro atoms. The quantitative estimate of drug-likeness (QED) is 0.691. The van der Waals surface area contributed by atoms with Crippen LogP contribution in [0.1, 0.15) is 28.8 Å². The Morgan fingerprint density at radius 1 is 1.28 bits per heavy atom. The van der Waals surface area contributed by atoms with Gasteiger partial charge in [-0.3, -0.25) is 4.99 Å². The molecule has 0 aliphatic heterocycles. The highest BCUT2D eigenvalue weighted by atomic mass is 35.5. The van der Waals surface area contributed by atoms with Crippen molar-refractivity contribution < 1.29 is 0 Å². The van der Waals surface area contributed by atoms with Gasteiger partial charge in [0.05, 0.1) is 10.9 Å². The monoisotopic (exact) mass is 277 g/mol. The number of hydrogen-bond acceptors (Lipinski definition) is 2. The molecule has 1 atom stereocenters. The van der Waals surface area contributed by atoms with E-state index in [4.69, 9.17) is 11.6 Å². The van der Waals surface area contributed by atoms with Gasteiger partial charge in [-0.05, 0) is 30.2 Å². The minimum Gasteiger partial charge on any atom is -0.291 e. The maximum atomic E-state index is 5.89. The molecule has 94 valence electrons. The first-order chi connectivity index (χ1) is 8.66. The number of rotatable bonds is 4. The van der Waals surface area contributed by atoms with Gasteiger partial charge in [-0.2, -0.15) is 0 Å². The van der Waals surface area contributed by atoms with E-state index in [1.54, 1.807) is 11.3 Å². The molecule has 2 aromatic rings. The maximum absolute atomic E-state index is 5.89. The van der Waals surface area contributed by atoms with Gasteiger partial charge in [-0.25, -0.2) is 0 Å². The van der Waals surface area contributed by atoms with E-state index in [-0.39, 0.29) is 0 Å². The molecule has 1 aromatic carbocycles. The first-order valence-electron chi connectivity index (χ1n) is 5.96. The Morgan fingerprint density at radius 3 is 2.72 bits per heavy atom. The molecule has 0 fully saturated rings. The lowest BCUT2D eigenvalue weighted by Gasteiger charge is -2.09. The molecular weight excluding hydrogens is 262 g/mol. The summed E-state index contributed by atoms with van der Waals surface area (Å²) in [7, 11) is 0. The van der Waals surface area contributed by atoms with Crippen LogP contribution in [0.5, 0.6) is 0 Å². The summed E-state index contributed by atoms with van der Waals surface area (Å²) in [6.45, 7) is 5.03. The van der Waals surface area contributed by atoms with E-state index in [1.165, 1.54) is 16.0 Å². The number of hydrogen-bond donors (Lipinski definition) is 0. The summed E-state index contributed by atoms with van der Waals surface area (Å²) in [4.78, 5) is 5.70. The van der Waals surface area contributed by atoms with Crippen LogP contribution in [0.3, 0.4) is 0 Å². The zero-order chi connectivity index (χ0) is 13.0. The lowest BCUT2D eigenvalue weighted by molar-refractivity contribution is 0.995. The Balaban J connectivity index is 1.99. The van der Waals surface area contributed by atoms with Crippen molar-refractivity contribution in [2.24, 2.45) is 4.99 Å². The largest absolute Gasteiger partial charge is 0.291 e. The number of nitrogens with zero attached hydrogens (tertiary/aromatic N) is 1. The molecule has 0 saturated carbocycles. The third kappa shape index (κ3) is 3.44. The molecule has 0 amide bonds. The molecule has 3 heteroatoms. The van der Waals surface area contributed by atoms with Crippen molar-refractivity contribution in [3.63, 3.8) is 0 Å².